The van der Waals surface area contributed by atoms with Gasteiger partial charge in [-0.25, -0.2) is 0 Å². The number of rotatable bonds is 5. The molecular formula is C13H23N3. The Morgan fingerprint density at radius 3 is 2.75 bits per heavy atom. The number of nitrogens with zero attached hydrogens (tertiary/aromatic N) is 2. The summed E-state index contributed by atoms with van der Waals surface area (Å²) < 4.78 is 2.02. The molecule has 1 aliphatic rings. The van der Waals surface area contributed by atoms with Crippen LogP contribution in [0.25, 0.3) is 0 Å². The topological polar surface area (TPSA) is 29.9 Å². The zero-order valence-corrected chi connectivity index (χ0v) is 10.4. The first-order chi connectivity index (χ1) is 7.85. The maximum absolute atomic E-state index is 4.39. The summed E-state index contributed by atoms with van der Waals surface area (Å²) in [6, 6.07) is 0.521. The van der Waals surface area contributed by atoms with Gasteiger partial charge in [-0.15, -0.1) is 0 Å². The second-order valence-corrected chi connectivity index (χ2v) is 4.71. The van der Waals surface area contributed by atoms with E-state index in [1.54, 1.807) is 0 Å². The van der Waals surface area contributed by atoms with E-state index < -0.39 is 0 Å². The van der Waals surface area contributed by atoms with E-state index in [1.165, 1.54) is 31.2 Å². The molecule has 0 bridgehead atoms. The van der Waals surface area contributed by atoms with Crippen molar-refractivity contribution < 1.29 is 0 Å². The Morgan fingerprint density at radius 1 is 1.44 bits per heavy atom. The van der Waals surface area contributed by atoms with Crippen LogP contribution in [0.15, 0.2) is 12.4 Å². The van der Waals surface area contributed by atoms with Crippen molar-refractivity contribution in [1.29, 1.82) is 0 Å². The Morgan fingerprint density at radius 2 is 2.19 bits per heavy atom. The number of aryl methyl sites for hydroxylation is 1. The van der Waals surface area contributed by atoms with Crippen molar-refractivity contribution in [3.63, 3.8) is 0 Å². The number of aromatic nitrogens is 2. The molecule has 1 atom stereocenters. The summed E-state index contributed by atoms with van der Waals surface area (Å²) in [7, 11) is 0. The van der Waals surface area contributed by atoms with E-state index >= 15 is 0 Å². The average molecular weight is 221 g/mol. The van der Waals surface area contributed by atoms with Crippen LogP contribution in [0.2, 0.25) is 0 Å². The molecular weight excluding hydrogens is 198 g/mol. The highest BCUT2D eigenvalue weighted by Crippen LogP contribution is 2.35. The third-order valence-corrected chi connectivity index (χ3v) is 3.63. The van der Waals surface area contributed by atoms with Crippen LogP contribution >= 0.6 is 0 Å². The van der Waals surface area contributed by atoms with Crippen LogP contribution in [-0.4, -0.2) is 16.3 Å². The fourth-order valence-electron chi connectivity index (χ4n) is 2.78. The molecule has 0 saturated heterocycles. The maximum Gasteiger partial charge on any atom is 0.0537 e. The van der Waals surface area contributed by atoms with Gasteiger partial charge in [0, 0.05) is 24.3 Å². The molecule has 16 heavy (non-hydrogen) atoms. The lowest BCUT2D eigenvalue weighted by Crippen LogP contribution is -2.26. The highest BCUT2D eigenvalue weighted by molar-refractivity contribution is 5.12. The molecule has 0 amide bonds. The number of hydrogen-bond acceptors (Lipinski definition) is 2. The van der Waals surface area contributed by atoms with Crippen molar-refractivity contribution in [3.8, 4) is 0 Å². The minimum absolute atomic E-state index is 0.521. The van der Waals surface area contributed by atoms with Gasteiger partial charge in [-0.3, -0.25) is 4.68 Å². The molecule has 1 fully saturated rings. The summed E-state index contributed by atoms with van der Waals surface area (Å²) in [5, 5.41) is 8.01. The minimum Gasteiger partial charge on any atom is -0.310 e. The second-order valence-electron chi connectivity index (χ2n) is 4.71. The van der Waals surface area contributed by atoms with Crippen LogP contribution in [0.4, 0.5) is 0 Å². The quantitative estimate of drug-likeness (QED) is 0.828. The summed E-state index contributed by atoms with van der Waals surface area (Å²) >= 11 is 0. The molecule has 90 valence electrons. The molecule has 0 spiro atoms. The van der Waals surface area contributed by atoms with Gasteiger partial charge >= 0.3 is 0 Å². The molecule has 3 nitrogen and oxygen atoms in total. The van der Waals surface area contributed by atoms with Gasteiger partial charge in [0.2, 0.25) is 0 Å². The summed E-state index contributed by atoms with van der Waals surface area (Å²) in [4.78, 5) is 0. The van der Waals surface area contributed by atoms with E-state index in [0.717, 1.165) is 19.0 Å². The highest BCUT2D eigenvalue weighted by atomic mass is 15.3. The fraction of sp³-hybridized carbons (Fsp3) is 0.769. The molecule has 1 aliphatic carbocycles. The van der Waals surface area contributed by atoms with Gasteiger partial charge < -0.3 is 5.32 Å². The molecule has 3 heteroatoms. The predicted octanol–water partition coefficient (Wildman–Crippen LogP) is 2.74. The van der Waals surface area contributed by atoms with E-state index in [-0.39, 0.29) is 0 Å². The Bertz CT molecular complexity index is 313. The van der Waals surface area contributed by atoms with Crippen LogP contribution in [-0.2, 0) is 6.54 Å². The molecule has 1 unspecified atom stereocenters. The molecule has 1 aromatic heterocycles. The van der Waals surface area contributed by atoms with Crippen LogP contribution in [0, 0.1) is 5.92 Å². The molecule has 0 radical (unpaired) electrons. The second kappa shape index (κ2) is 5.48. The van der Waals surface area contributed by atoms with Crippen molar-refractivity contribution in [3.05, 3.63) is 18.0 Å². The van der Waals surface area contributed by atoms with Gasteiger partial charge in [0.25, 0.3) is 0 Å². The smallest absolute Gasteiger partial charge is 0.0537 e. The molecule has 0 aliphatic heterocycles. The van der Waals surface area contributed by atoms with Crippen LogP contribution < -0.4 is 5.32 Å². The van der Waals surface area contributed by atoms with Gasteiger partial charge in [0.15, 0.2) is 0 Å². The normalized spacial score (nSPS) is 19.1. The molecule has 1 saturated carbocycles. The zero-order valence-electron chi connectivity index (χ0n) is 10.4. The molecule has 2 rings (SSSR count). The van der Waals surface area contributed by atoms with Gasteiger partial charge in [-0.2, -0.15) is 5.10 Å². The Hall–Kier alpha value is -0.830. The van der Waals surface area contributed by atoms with Gasteiger partial charge in [-0.1, -0.05) is 19.8 Å². The van der Waals surface area contributed by atoms with E-state index in [4.69, 9.17) is 0 Å². The summed E-state index contributed by atoms with van der Waals surface area (Å²) in [6.07, 6.45) is 9.77. The van der Waals surface area contributed by atoms with Crippen molar-refractivity contribution in [2.75, 3.05) is 6.54 Å². The first-order valence-electron chi connectivity index (χ1n) is 6.60. The van der Waals surface area contributed by atoms with E-state index in [0.29, 0.717) is 6.04 Å². The fourth-order valence-corrected chi connectivity index (χ4v) is 2.78. The van der Waals surface area contributed by atoms with E-state index in [9.17, 15) is 0 Å². The van der Waals surface area contributed by atoms with E-state index in [1.807, 2.05) is 10.9 Å². The van der Waals surface area contributed by atoms with Crippen LogP contribution in [0.3, 0.4) is 0 Å². The van der Waals surface area contributed by atoms with Crippen molar-refractivity contribution in [2.24, 2.45) is 5.92 Å². The SMILES string of the molecule is CCNC(c1cnn(CC)c1)C1CCCC1. The molecule has 1 N–H and O–H groups in total. The van der Waals surface area contributed by atoms with Gasteiger partial charge in [0.05, 0.1) is 6.20 Å². The van der Waals surface area contributed by atoms with Crippen molar-refractivity contribution in [2.45, 2.75) is 52.1 Å². The van der Waals surface area contributed by atoms with Crippen LogP contribution in [0.5, 0.6) is 0 Å². The standard InChI is InChI=1S/C13H23N3/c1-3-14-13(11-7-5-6-8-11)12-9-15-16(4-2)10-12/h9-11,13-14H,3-8H2,1-2H3. The zero-order chi connectivity index (χ0) is 11.4. The first-order valence-corrected chi connectivity index (χ1v) is 6.60. The summed E-state index contributed by atoms with van der Waals surface area (Å²) in [6.45, 7) is 6.32. The van der Waals surface area contributed by atoms with Crippen molar-refractivity contribution >= 4 is 0 Å². The van der Waals surface area contributed by atoms with Gasteiger partial charge in [-0.05, 0) is 32.2 Å². The lowest BCUT2D eigenvalue weighted by Gasteiger charge is -2.23. The Labute approximate surface area is 98.2 Å². The predicted molar refractivity (Wildman–Crippen MR) is 66.3 cm³/mol. The van der Waals surface area contributed by atoms with Gasteiger partial charge in [0.1, 0.15) is 0 Å². The highest BCUT2D eigenvalue weighted by Gasteiger charge is 2.26. The maximum atomic E-state index is 4.39. The number of hydrogen-bond donors (Lipinski definition) is 1. The summed E-state index contributed by atoms with van der Waals surface area (Å²) in [5.74, 6) is 0.814. The third kappa shape index (κ3) is 2.46. The monoisotopic (exact) mass is 221 g/mol. The molecule has 1 aromatic rings. The first kappa shape index (κ1) is 11.6. The lowest BCUT2D eigenvalue weighted by atomic mass is 9.93. The minimum atomic E-state index is 0.521. The van der Waals surface area contributed by atoms with Crippen LogP contribution in [0.1, 0.15) is 51.1 Å². The van der Waals surface area contributed by atoms with E-state index in [2.05, 4.69) is 30.5 Å². The largest absolute Gasteiger partial charge is 0.310 e. The Kier molecular flexibility index (Phi) is 3.99. The Balaban J connectivity index is 2.10. The van der Waals surface area contributed by atoms with Crippen molar-refractivity contribution in [1.82, 2.24) is 15.1 Å². The number of nitrogens with one attached hydrogen (secondary N) is 1. The lowest BCUT2D eigenvalue weighted by molar-refractivity contribution is 0.374. The average Bonchev–Trinajstić information content (AvgIpc) is 2.97. The molecule has 1 heterocycles. The third-order valence-electron chi connectivity index (χ3n) is 3.63. The summed E-state index contributed by atoms with van der Waals surface area (Å²) in [5.41, 5.74) is 1.37. The molecule has 0 aromatic carbocycles.